The van der Waals surface area contributed by atoms with Crippen molar-refractivity contribution in [3.8, 4) is 0 Å². The van der Waals surface area contributed by atoms with Crippen LogP contribution in [0.2, 0.25) is 0 Å². The molecular formula is C28H32FN3O4S. The summed E-state index contributed by atoms with van der Waals surface area (Å²) in [6.07, 6.45) is 0.865. The van der Waals surface area contributed by atoms with Gasteiger partial charge in [-0.15, -0.1) is 0 Å². The van der Waals surface area contributed by atoms with Crippen molar-refractivity contribution < 1.29 is 22.4 Å². The van der Waals surface area contributed by atoms with Crippen LogP contribution in [-0.2, 0) is 32.6 Å². The van der Waals surface area contributed by atoms with Gasteiger partial charge >= 0.3 is 0 Å². The van der Waals surface area contributed by atoms with Crippen LogP contribution in [0, 0.1) is 5.82 Å². The molecule has 0 aliphatic heterocycles. The van der Waals surface area contributed by atoms with Gasteiger partial charge in [0.05, 0.1) is 10.6 Å². The number of aryl methyl sites for hydroxylation is 1. The molecule has 3 aromatic rings. The van der Waals surface area contributed by atoms with Crippen LogP contribution in [0.3, 0.4) is 0 Å². The average molecular weight is 526 g/mol. The topological polar surface area (TPSA) is 86.8 Å². The molecule has 1 atom stereocenters. The first-order chi connectivity index (χ1) is 17.7. The van der Waals surface area contributed by atoms with E-state index in [0.29, 0.717) is 24.1 Å². The first-order valence-corrected chi connectivity index (χ1v) is 13.6. The lowest BCUT2D eigenvalue weighted by atomic mass is 10.1. The molecule has 0 bridgehead atoms. The number of anilines is 1. The number of hydrogen-bond donors (Lipinski definition) is 1. The van der Waals surface area contributed by atoms with Crippen molar-refractivity contribution in [3.63, 3.8) is 0 Å². The number of hydrogen-bond acceptors (Lipinski definition) is 4. The molecule has 3 rings (SSSR count). The molecule has 0 unspecified atom stereocenters. The second-order valence-corrected chi connectivity index (χ2v) is 10.4. The van der Waals surface area contributed by atoms with E-state index in [2.05, 4.69) is 5.32 Å². The van der Waals surface area contributed by atoms with Gasteiger partial charge in [0.2, 0.25) is 11.8 Å². The van der Waals surface area contributed by atoms with Gasteiger partial charge in [0.15, 0.2) is 0 Å². The van der Waals surface area contributed by atoms with Gasteiger partial charge in [-0.3, -0.25) is 13.9 Å². The third kappa shape index (κ3) is 6.54. The summed E-state index contributed by atoms with van der Waals surface area (Å²) in [5.41, 5.74) is 1.78. The number of nitrogens with one attached hydrogen (secondary N) is 1. The fourth-order valence-corrected chi connectivity index (χ4v) is 5.63. The van der Waals surface area contributed by atoms with Gasteiger partial charge < -0.3 is 10.2 Å². The standard InChI is InChI=1S/C28H32FN3O4S/c1-4-22-11-9-10-14-26(22)32(37(35,36)24-12-7-6-8-13-24)20-27(33)31(25(5-2)28(34)30-3)19-21-15-17-23(29)18-16-21/h6-18,25H,4-5,19-20H2,1-3H3,(H,30,34)/t25-/m1/s1. The van der Waals surface area contributed by atoms with E-state index in [-0.39, 0.29) is 17.3 Å². The predicted molar refractivity (Wildman–Crippen MR) is 142 cm³/mol. The minimum atomic E-state index is -4.12. The quantitative estimate of drug-likeness (QED) is 0.408. The lowest BCUT2D eigenvalue weighted by Crippen LogP contribution is -2.51. The summed E-state index contributed by atoms with van der Waals surface area (Å²) in [6, 6.07) is 19.8. The lowest BCUT2D eigenvalue weighted by Gasteiger charge is -2.33. The highest BCUT2D eigenvalue weighted by Gasteiger charge is 2.34. The highest BCUT2D eigenvalue weighted by molar-refractivity contribution is 7.92. The van der Waals surface area contributed by atoms with E-state index >= 15 is 0 Å². The van der Waals surface area contributed by atoms with Crippen LogP contribution in [-0.4, -0.2) is 44.8 Å². The molecule has 1 N–H and O–H groups in total. The van der Waals surface area contributed by atoms with E-state index in [4.69, 9.17) is 0 Å². The molecule has 2 amide bonds. The Morgan fingerprint density at radius 1 is 0.919 bits per heavy atom. The van der Waals surface area contributed by atoms with Gasteiger partial charge in [-0.25, -0.2) is 12.8 Å². The van der Waals surface area contributed by atoms with Gasteiger partial charge in [-0.1, -0.05) is 62.4 Å². The minimum absolute atomic E-state index is 0.0136. The molecule has 9 heteroatoms. The SMILES string of the molecule is CCc1ccccc1N(CC(=O)N(Cc1ccc(F)cc1)[C@H](CC)C(=O)NC)S(=O)(=O)c1ccccc1. The zero-order valence-corrected chi connectivity index (χ0v) is 22.0. The first kappa shape index (κ1) is 27.9. The van der Waals surface area contributed by atoms with Gasteiger partial charge in [0.1, 0.15) is 18.4 Å². The Balaban J connectivity index is 2.08. The number of rotatable bonds is 11. The van der Waals surface area contributed by atoms with Crippen LogP contribution < -0.4 is 9.62 Å². The Kier molecular flexibility index (Phi) is 9.41. The van der Waals surface area contributed by atoms with Gasteiger partial charge in [0.25, 0.3) is 10.0 Å². The summed E-state index contributed by atoms with van der Waals surface area (Å²) in [6.45, 7) is 3.19. The number of benzene rings is 3. The molecule has 0 radical (unpaired) electrons. The van der Waals surface area contributed by atoms with Crippen LogP contribution in [0.1, 0.15) is 31.4 Å². The molecule has 0 spiro atoms. The van der Waals surface area contributed by atoms with Gasteiger partial charge in [0, 0.05) is 13.6 Å². The van der Waals surface area contributed by atoms with E-state index in [1.54, 1.807) is 37.3 Å². The second-order valence-electron chi connectivity index (χ2n) is 8.49. The highest BCUT2D eigenvalue weighted by atomic mass is 32.2. The number of carbonyl (C=O) groups excluding carboxylic acids is 2. The number of carbonyl (C=O) groups is 2. The summed E-state index contributed by atoms with van der Waals surface area (Å²) in [7, 11) is -2.63. The molecule has 196 valence electrons. The molecule has 37 heavy (non-hydrogen) atoms. The smallest absolute Gasteiger partial charge is 0.264 e. The summed E-state index contributed by atoms with van der Waals surface area (Å²) in [5, 5.41) is 2.58. The molecule has 7 nitrogen and oxygen atoms in total. The van der Waals surface area contributed by atoms with Gasteiger partial charge in [-0.2, -0.15) is 0 Å². The number of halogens is 1. The molecule has 0 aromatic heterocycles. The number of sulfonamides is 1. The highest BCUT2D eigenvalue weighted by Crippen LogP contribution is 2.28. The lowest BCUT2D eigenvalue weighted by molar-refractivity contribution is -0.140. The largest absolute Gasteiger partial charge is 0.357 e. The molecule has 0 heterocycles. The number of para-hydroxylation sites is 1. The Morgan fingerprint density at radius 2 is 1.54 bits per heavy atom. The Hall–Kier alpha value is -3.72. The third-order valence-electron chi connectivity index (χ3n) is 6.15. The predicted octanol–water partition coefficient (Wildman–Crippen LogP) is 4.14. The molecule has 0 saturated carbocycles. The molecule has 0 saturated heterocycles. The maximum Gasteiger partial charge on any atom is 0.264 e. The first-order valence-electron chi connectivity index (χ1n) is 12.1. The summed E-state index contributed by atoms with van der Waals surface area (Å²) < 4.78 is 42.2. The van der Waals surface area contributed by atoms with E-state index in [0.717, 1.165) is 9.87 Å². The van der Waals surface area contributed by atoms with Crippen molar-refractivity contribution in [2.24, 2.45) is 0 Å². The summed E-state index contributed by atoms with van der Waals surface area (Å²) in [4.78, 5) is 28.0. The number of amides is 2. The number of nitrogens with zero attached hydrogens (tertiary/aromatic N) is 2. The van der Waals surface area contributed by atoms with E-state index in [1.165, 1.54) is 48.3 Å². The van der Waals surface area contributed by atoms with Crippen molar-refractivity contribution in [1.82, 2.24) is 10.2 Å². The third-order valence-corrected chi connectivity index (χ3v) is 7.92. The molecule has 0 fully saturated rings. The van der Waals surface area contributed by atoms with Crippen molar-refractivity contribution in [2.45, 2.75) is 44.2 Å². The van der Waals surface area contributed by atoms with E-state index in [9.17, 15) is 22.4 Å². The fourth-order valence-electron chi connectivity index (χ4n) is 4.16. The van der Waals surface area contributed by atoms with Crippen LogP contribution in [0.15, 0.2) is 83.8 Å². The van der Waals surface area contributed by atoms with E-state index in [1.807, 2.05) is 19.1 Å². The Morgan fingerprint density at radius 3 is 2.14 bits per heavy atom. The van der Waals surface area contributed by atoms with Crippen molar-refractivity contribution in [3.05, 3.63) is 95.8 Å². The van der Waals surface area contributed by atoms with Crippen LogP contribution in [0.25, 0.3) is 0 Å². The van der Waals surface area contributed by atoms with Crippen molar-refractivity contribution >= 4 is 27.5 Å². The average Bonchev–Trinajstić information content (AvgIpc) is 2.92. The zero-order chi connectivity index (χ0) is 27.0. The maximum atomic E-state index is 13.9. The monoisotopic (exact) mass is 525 g/mol. The Labute approximate surface area is 218 Å². The van der Waals surface area contributed by atoms with Crippen LogP contribution in [0.4, 0.5) is 10.1 Å². The fraction of sp³-hybridized carbons (Fsp3) is 0.286. The summed E-state index contributed by atoms with van der Waals surface area (Å²) in [5.74, 6) is -1.34. The van der Waals surface area contributed by atoms with E-state index < -0.39 is 34.3 Å². The maximum absolute atomic E-state index is 13.9. The molecule has 0 aliphatic carbocycles. The number of likely N-dealkylation sites (N-methyl/N-ethyl adjacent to an activating group) is 1. The van der Waals surface area contributed by atoms with Crippen LogP contribution in [0.5, 0.6) is 0 Å². The van der Waals surface area contributed by atoms with Crippen molar-refractivity contribution in [1.29, 1.82) is 0 Å². The van der Waals surface area contributed by atoms with Gasteiger partial charge in [-0.05, 0) is 54.3 Å². The molecule has 0 aliphatic rings. The second kappa shape index (κ2) is 12.5. The minimum Gasteiger partial charge on any atom is -0.357 e. The normalized spacial score (nSPS) is 12.0. The Bertz CT molecular complexity index is 1310. The van der Waals surface area contributed by atoms with Crippen molar-refractivity contribution in [2.75, 3.05) is 17.9 Å². The molecular weight excluding hydrogens is 493 g/mol. The zero-order valence-electron chi connectivity index (χ0n) is 21.2. The molecule has 3 aromatic carbocycles. The summed E-state index contributed by atoms with van der Waals surface area (Å²) >= 11 is 0. The van der Waals surface area contributed by atoms with Crippen LogP contribution >= 0.6 is 0 Å².